The molecule has 2 atom stereocenters. The number of carboxylic acids is 1. The Morgan fingerprint density at radius 1 is 1.17 bits per heavy atom. The molecule has 0 radical (unpaired) electrons. The first-order valence-corrected chi connectivity index (χ1v) is 7.54. The van der Waals surface area contributed by atoms with Crippen molar-refractivity contribution in [3.8, 4) is 0 Å². The lowest BCUT2D eigenvalue weighted by atomic mass is 9.99. The molecular formula is C19H21NO3. The molecular weight excluding hydrogens is 290 g/mol. The van der Waals surface area contributed by atoms with Crippen molar-refractivity contribution >= 4 is 22.6 Å². The number of carbonyl (C=O) groups is 2. The highest BCUT2D eigenvalue weighted by Gasteiger charge is 2.24. The van der Waals surface area contributed by atoms with E-state index < -0.39 is 12.0 Å². The molecule has 0 fully saturated rings. The molecule has 2 unspecified atom stereocenters. The molecule has 0 heterocycles. The number of hydrogen-bond acceptors (Lipinski definition) is 2. The smallest absolute Gasteiger partial charge is 0.330 e. The van der Waals surface area contributed by atoms with Gasteiger partial charge in [-0.3, -0.25) is 4.79 Å². The minimum atomic E-state index is -1.07. The Morgan fingerprint density at radius 2 is 1.83 bits per heavy atom. The van der Waals surface area contributed by atoms with Crippen LogP contribution in [-0.2, 0) is 9.59 Å². The summed E-state index contributed by atoms with van der Waals surface area (Å²) >= 11 is 0. The lowest BCUT2D eigenvalue weighted by Crippen LogP contribution is -2.37. The first-order valence-electron chi connectivity index (χ1n) is 7.54. The van der Waals surface area contributed by atoms with Crippen molar-refractivity contribution < 1.29 is 14.7 Å². The summed E-state index contributed by atoms with van der Waals surface area (Å²) in [5.74, 6) is -1.67. The van der Waals surface area contributed by atoms with Gasteiger partial charge in [0.25, 0.3) is 0 Å². The number of rotatable bonds is 6. The summed E-state index contributed by atoms with van der Waals surface area (Å²) in [6.07, 6.45) is 0.538. The largest absolute Gasteiger partial charge is 0.479 e. The number of allylic oxidation sites excluding steroid dienone is 1. The Morgan fingerprint density at radius 3 is 2.43 bits per heavy atom. The maximum Gasteiger partial charge on any atom is 0.330 e. The third-order valence-corrected chi connectivity index (χ3v) is 3.74. The molecule has 4 heteroatoms. The van der Waals surface area contributed by atoms with E-state index in [1.54, 1.807) is 19.1 Å². The van der Waals surface area contributed by atoms with Gasteiger partial charge < -0.3 is 10.4 Å². The molecule has 0 aromatic heterocycles. The van der Waals surface area contributed by atoms with Crippen LogP contribution < -0.4 is 5.32 Å². The highest BCUT2D eigenvalue weighted by molar-refractivity contribution is 5.88. The number of fused-ring (bicyclic) bond motifs is 1. The van der Waals surface area contributed by atoms with Gasteiger partial charge in [0, 0.05) is 5.92 Å². The second-order valence-corrected chi connectivity index (χ2v) is 5.95. The summed E-state index contributed by atoms with van der Waals surface area (Å²) < 4.78 is 0. The van der Waals surface area contributed by atoms with Crippen LogP contribution >= 0.6 is 0 Å². The Labute approximate surface area is 135 Å². The molecule has 2 N–H and O–H groups in total. The number of aliphatic carboxylic acids is 1. The van der Waals surface area contributed by atoms with E-state index in [1.807, 2.05) is 37.3 Å². The van der Waals surface area contributed by atoms with Gasteiger partial charge in [-0.2, -0.15) is 0 Å². The molecule has 0 aliphatic heterocycles. The van der Waals surface area contributed by atoms with Crippen molar-refractivity contribution in [1.29, 1.82) is 0 Å². The molecule has 23 heavy (non-hydrogen) atoms. The highest BCUT2D eigenvalue weighted by atomic mass is 16.4. The normalized spacial score (nSPS) is 13.3. The molecule has 2 aromatic rings. The lowest BCUT2D eigenvalue weighted by molar-refractivity contribution is -0.142. The molecule has 0 saturated heterocycles. The fraction of sp³-hybridized carbons (Fsp3) is 0.263. The summed E-state index contributed by atoms with van der Waals surface area (Å²) in [7, 11) is 0. The van der Waals surface area contributed by atoms with Gasteiger partial charge >= 0.3 is 5.97 Å². The summed E-state index contributed by atoms with van der Waals surface area (Å²) in [5.41, 5.74) is 1.46. The fourth-order valence-corrected chi connectivity index (χ4v) is 2.57. The van der Waals surface area contributed by atoms with Crippen LogP contribution in [0, 0.1) is 5.92 Å². The molecule has 2 rings (SSSR count). The molecule has 0 aliphatic carbocycles. The van der Waals surface area contributed by atoms with Crippen molar-refractivity contribution in [1.82, 2.24) is 5.32 Å². The number of nitrogens with one attached hydrogen (secondary N) is 1. The van der Waals surface area contributed by atoms with Gasteiger partial charge in [0.05, 0.1) is 0 Å². The SMILES string of the molecule is C=C(C)CC(C)C(=O)NC(C(=O)O)c1ccc2ccccc2c1. The van der Waals surface area contributed by atoms with E-state index in [0.717, 1.165) is 16.3 Å². The van der Waals surface area contributed by atoms with Crippen molar-refractivity contribution in [2.24, 2.45) is 5.92 Å². The predicted molar refractivity (Wildman–Crippen MR) is 91.1 cm³/mol. The van der Waals surface area contributed by atoms with Gasteiger partial charge in [-0.1, -0.05) is 48.9 Å². The molecule has 1 amide bonds. The van der Waals surface area contributed by atoms with E-state index in [9.17, 15) is 14.7 Å². The number of carboxylic acid groups (broad SMARTS) is 1. The predicted octanol–water partition coefficient (Wildman–Crippen LogP) is 3.68. The molecule has 2 aromatic carbocycles. The molecule has 0 aliphatic rings. The van der Waals surface area contributed by atoms with Crippen molar-refractivity contribution in [2.45, 2.75) is 26.3 Å². The molecule has 0 saturated carbocycles. The number of amides is 1. The van der Waals surface area contributed by atoms with E-state index in [0.29, 0.717) is 12.0 Å². The monoisotopic (exact) mass is 311 g/mol. The van der Waals surface area contributed by atoms with E-state index >= 15 is 0 Å². The van der Waals surface area contributed by atoms with Crippen LogP contribution in [0.1, 0.15) is 31.9 Å². The Hall–Kier alpha value is -2.62. The fourth-order valence-electron chi connectivity index (χ4n) is 2.57. The molecule has 4 nitrogen and oxygen atoms in total. The second kappa shape index (κ2) is 7.09. The van der Waals surface area contributed by atoms with Gasteiger partial charge in [0.2, 0.25) is 5.91 Å². The van der Waals surface area contributed by atoms with Crippen LogP contribution in [-0.4, -0.2) is 17.0 Å². The summed E-state index contributed by atoms with van der Waals surface area (Å²) in [4.78, 5) is 23.8. The van der Waals surface area contributed by atoms with Crippen LogP contribution in [0.2, 0.25) is 0 Å². The Kier molecular flexibility index (Phi) is 5.16. The summed E-state index contributed by atoms with van der Waals surface area (Å²) in [6, 6.07) is 12.1. The third-order valence-electron chi connectivity index (χ3n) is 3.74. The van der Waals surface area contributed by atoms with Gasteiger partial charge in [-0.05, 0) is 35.7 Å². The summed E-state index contributed by atoms with van der Waals surface area (Å²) in [5, 5.41) is 14.1. The number of hydrogen-bond donors (Lipinski definition) is 2. The van der Waals surface area contributed by atoms with Crippen LogP contribution in [0.25, 0.3) is 10.8 Å². The number of carbonyl (C=O) groups excluding carboxylic acids is 1. The first-order chi connectivity index (χ1) is 10.9. The van der Waals surface area contributed by atoms with E-state index in [1.165, 1.54) is 0 Å². The molecule has 0 spiro atoms. The Bertz CT molecular complexity index is 751. The Balaban J connectivity index is 2.24. The lowest BCUT2D eigenvalue weighted by Gasteiger charge is -2.18. The van der Waals surface area contributed by atoms with Crippen LogP contribution in [0.5, 0.6) is 0 Å². The van der Waals surface area contributed by atoms with Gasteiger partial charge in [0.1, 0.15) is 0 Å². The van der Waals surface area contributed by atoms with Gasteiger partial charge in [-0.15, -0.1) is 6.58 Å². The second-order valence-electron chi connectivity index (χ2n) is 5.95. The zero-order valence-electron chi connectivity index (χ0n) is 13.4. The maximum atomic E-state index is 12.2. The standard InChI is InChI=1S/C19H21NO3/c1-12(2)10-13(3)18(21)20-17(19(22)23)16-9-8-14-6-4-5-7-15(14)11-16/h4-9,11,13,17H,1,10H2,2-3H3,(H,20,21)(H,22,23). The van der Waals surface area contributed by atoms with Crippen LogP contribution in [0.15, 0.2) is 54.6 Å². The van der Waals surface area contributed by atoms with Crippen LogP contribution in [0.4, 0.5) is 0 Å². The third kappa shape index (κ3) is 4.19. The minimum Gasteiger partial charge on any atom is -0.479 e. The zero-order chi connectivity index (χ0) is 17.0. The topological polar surface area (TPSA) is 66.4 Å². The van der Waals surface area contributed by atoms with Gasteiger partial charge in [-0.25, -0.2) is 4.79 Å². The summed E-state index contributed by atoms with van der Waals surface area (Å²) in [6.45, 7) is 7.40. The zero-order valence-corrected chi connectivity index (χ0v) is 13.4. The van der Waals surface area contributed by atoms with E-state index in [4.69, 9.17) is 0 Å². The maximum absolute atomic E-state index is 12.2. The minimum absolute atomic E-state index is 0.284. The quantitative estimate of drug-likeness (QED) is 0.800. The molecule has 120 valence electrons. The van der Waals surface area contributed by atoms with Crippen molar-refractivity contribution in [3.63, 3.8) is 0 Å². The van der Waals surface area contributed by atoms with Crippen LogP contribution in [0.3, 0.4) is 0 Å². The highest BCUT2D eigenvalue weighted by Crippen LogP contribution is 2.21. The first kappa shape index (κ1) is 16.7. The van der Waals surface area contributed by atoms with E-state index in [-0.39, 0.29) is 11.8 Å². The van der Waals surface area contributed by atoms with E-state index in [2.05, 4.69) is 11.9 Å². The van der Waals surface area contributed by atoms with Crippen molar-refractivity contribution in [2.75, 3.05) is 0 Å². The molecule has 0 bridgehead atoms. The average Bonchev–Trinajstić information content (AvgIpc) is 2.50. The average molecular weight is 311 g/mol. The van der Waals surface area contributed by atoms with Crippen molar-refractivity contribution in [3.05, 3.63) is 60.2 Å². The number of benzene rings is 2. The van der Waals surface area contributed by atoms with Gasteiger partial charge in [0.15, 0.2) is 6.04 Å².